The summed E-state index contributed by atoms with van der Waals surface area (Å²) in [5, 5.41) is 0. The van der Waals surface area contributed by atoms with Crippen molar-refractivity contribution >= 4 is 26.0 Å². The number of nitrogens with zero attached hydrogens (tertiary/aromatic N) is 1. The number of sulfonamides is 1. The fourth-order valence-corrected chi connectivity index (χ4v) is 3.61. The molecule has 0 saturated carbocycles. The lowest BCUT2D eigenvalue weighted by Crippen LogP contribution is -2.34. The van der Waals surface area contributed by atoms with E-state index < -0.39 is 10.0 Å². The Labute approximate surface area is 117 Å². The van der Waals surface area contributed by atoms with Gasteiger partial charge in [0.15, 0.2) is 0 Å². The summed E-state index contributed by atoms with van der Waals surface area (Å²) in [7, 11) is -3.36. The van der Waals surface area contributed by atoms with E-state index in [4.69, 9.17) is 0 Å². The van der Waals surface area contributed by atoms with Gasteiger partial charge >= 0.3 is 0 Å². The lowest BCUT2D eigenvalue weighted by molar-refractivity contribution is 0.431. The summed E-state index contributed by atoms with van der Waals surface area (Å²) < 4.78 is 27.3. The Hall–Kier alpha value is -0.650. The summed E-state index contributed by atoms with van der Waals surface area (Å²) in [4.78, 5) is 0.371. The van der Waals surface area contributed by atoms with Crippen LogP contribution in [0, 0.1) is 6.92 Å². The predicted octanol–water partition coefficient (Wildman–Crippen LogP) is 3.10. The minimum absolute atomic E-state index is 0.371. The molecule has 0 N–H and O–H groups in total. The number of benzene rings is 1. The van der Waals surface area contributed by atoms with Crippen molar-refractivity contribution in [3.05, 3.63) is 39.9 Å². The molecule has 0 unspecified atom stereocenters. The average molecular weight is 330 g/mol. The maximum absolute atomic E-state index is 12.4. The molecule has 3 nitrogen and oxygen atoms in total. The van der Waals surface area contributed by atoms with Gasteiger partial charge in [0, 0.05) is 17.6 Å². The Morgan fingerprint density at radius 3 is 2.56 bits per heavy atom. The molecule has 0 spiro atoms. The van der Waals surface area contributed by atoms with Crippen molar-refractivity contribution in [2.24, 2.45) is 0 Å². The molecule has 1 aromatic carbocycles. The lowest BCUT2D eigenvalue weighted by Gasteiger charge is -2.25. The highest BCUT2D eigenvalue weighted by molar-refractivity contribution is 9.10. The standard InChI is InChI=1S/C13H16BrNO2S/c1-10-5-7-15(8-6-10)18(16,17)12-3-4-13(14)11(2)9-12/h3-5,9H,6-8H2,1-2H3. The van der Waals surface area contributed by atoms with E-state index in [2.05, 4.69) is 15.9 Å². The summed E-state index contributed by atoms with van der Waals surface area (Å²) in [6.45, 7) is 4.97. The maximum atomic E-state index is 12.4. The van der Waals surface area contributed by atoms with Gasteiger partial charge < -0.3 is 0 Å². The molecule has 0 fully saturated rings. The first kappa shape index (κ1) is 13.8. The molecule has 1 aliphatic heterocycles. The van der Waals surface area contributed by atoms with Crippen LogP contribution in [-0.2, 0) is 10.0 Å². The van der Waals surface area contributed by atoms with Gasteiger partial charge in [0.05, 0.1) is 4.90 Å². The van der Waals surface area contributed by atoms with E-state index in [-0.39, 0.29) is 0 Å². The molecule has 1 aromatic rings. The van der Waals surface area contributed by atoms with E-state index in [1.807, 2.05) is 19.9 Å². The van der Waals surface area contributed by atoms with E-state index in [0.29, 0.717) is 18.0 Å². The van der Waals surface area contributed by atoms with Crippen LogP contribution in [0.15, 0.2) is 39.2 Å². The third-order valence-electron chi connectivity index (χ3n) is 3.17. The van der Waals surface area contributed by atoms with Gasteiger partial charge in [-0.25, -0.2) is 8.42 Å². The topological polar surface area (TPSA) is 37.4 Å². The zero-order chi connectivity index (χ0) is 13.3. The normalized spacial score (nSPS) is 17.6. The lowest BCUT2D eigenvalue weighted by atomic mass is 10.1. The molecule has 0 bridgehead atoms. The fraction of sp³-hybridized carbons (Fsp3) is 0.385. The van der Waals surface area contributed by atoms with E-state index in [1.165, 1.54) is 9.88 Å². The van der Waals surface area contributed by atoms with E-state index in [0.717, 1.165) is 16.5 Å². The number of hydrogen-bond donors (Lipinski definition) is 0. The molecule has 18 heavy (non-hydrogen) atoms. The van der Waals surface area contributed by atoms with Crippen LogP contribution >= 0.6 is 15.9 Å². The SMILES string of the molecule is CC1=CCN(S(=O)(=O)c2ccc(Br)c(C)c2)CC1. The molecule has 2 rings (SSSR count). The van der Waals surface area contributed by atoms with Crippen LogP contribution in [-0.4, -0.2) is 25.8 Å². The third kappa shape index (κ3) is 2.68. The van der Waals surface area contributed by atoms with Crippen molar-refractivity contribution in [3.63, 3.8) is 0 Å². The fourth-order valence-electron chi connectivity index (χ4n) is 1.90. The largest absolute Gasteiger partial charge is 0.243 e. The highest BCUT2D eigenvalue weighted by Crippen LogP contribution is 2.24. The van der Waals surface area contributed by atoms with Gasteiger partial charge in [0.25, 0.3) is 0 Å². The summed E-state index contributed by atoms with van der Waals surface area (Å²) in [5.41, 5.74) is 2.19. The van der Waals surface area contributed by atoms with Crippen molar-refractivity contribution in [2.45, 2.75) is 25.2 Å². The highest BCUT2D eigenvalue weighted by Gasteiger charge is 2.25. The third-order valence-corrected chi connectivity index (χ3v) is 5.92. The van der Waals surface area contributed by atoms with Gasteiger partial charge in [0.1, 0.15) is 0 Å². The van der Waals surface area contributed by atoms with Crippen LogP contribution in [0.25, 0.3) is 0 Å². The van der Waals surface area contributed by atoms with Gasteiger partial charge in [-0.1, -0.05) is 27.6 Å². The van der Waals surface area contributed by atoms with Gasteiger partial charge in [-0.15, -0.1) is 0 Å². The minimum atomic E-state index is -3.36. The molecular weight excluding hydrogens is 314 g/mol. The second-order valence-electron chi connectivity index (χ2n) is 4.57. The van der Waals surface area contributed by atoms with Gasteiger partial charge in [-0.3, -0.25) is 0 Å². The van der Waals surface area contributed by atoms with Crippen molar-refractivity contribution in [2.75, 3.05) is 13.1 Å². The Morgan fingerprint density at radius 1 is 1.28 bits per heavy atom. The van der Waals surface area contributed by atoms with E-state index in [1.54, 1.807) is 18.2 Å². The van der Waals surface area contributed by atoms with E-state index in [9.17, 15) is 8.42 Å². The first-order chi connectivity index (χ1) is 8.41. The van der Waals surface area contributed by atoms with Crippen LogP contribution in [0.3, 0.4) is 0 Å². The van der Waals surface area contributed by atoms with Crippen molar-refractivity contribution in [1.29, 1.82) is 0 Å². The second-order valence-corrected chi connectivity index (χ2v) is 7.37. The van der Waals surface area contributed by atoms with Gasteiger partial charge in [0.2, 0.25) is 10.0 Å². The Balaban J connectivity index is 2.34. The Bertz CT molecular complexity index is 593. The molecule has 0 amide bonds. The number of halogens is 1. The Morgan fingerprint density at radius 2 is 2.00 bits per heavy atom. The first-order valence-corrected chi connectivity index (χ1v) is 8.06. The van der Waals surface area contributed by atoms with Crippen LogP contribution in [0.1, 0.15) is 18.9 Å². The van der Waals surface area contributed by atoms with Crippen molar-refractivity contribution in [1.82, 2.24) is 4.31 Å². The summed E-state index contributed by atoms with van der Waals surface area (Å²) in [6.07, 6.45) is 2.79. The van der Waals surface area contributed by atoms with Gasteiger partial charge in [-0.05, 0) is 44.0 Å². The molecular formula is C13H16BrNO2S. The molecule has 1 aliphatic rings. The van der Waals surface area contributed by atoms with Crippen molar-refractivity contribution < 1.29 is 8.42 Å². The zero-order valence-electron chi connectivity index (χ0n) is 10.5. The quantitative estimate of drug-likeness (QED) is 0.782. The molecule has 0 saturated heterocycles. The van der Waals surface area contributed by atoms with Crippen molar-refractivity contribution in [3.8, 4) is 0 Å². The average Bonchev–Trinajstić information content (AvgIpc) is 2.33. The van der Waals surface area contributed by atoms with Crippen LogP contribution in [0.4, 0.5) is 0 Å². The molecule has 0 aromatic heterocycles. The number of aryl methyl sites for hydroxylation is 1. The minimum Gasteiger partial charge on any atom is -0.207 e. The molecule has 0 atom stereocenters. The summed E-state index contributed by atoms with van der Waals surface area (Å²) in [6, 6.07) is 5.15. The Kier molecular flexibility index (Phi) is 3.94. The van der Waals surface area contributed by atoms with Crippen LogP contribution in [0.5, 0.6) is 0 Å². The molecule has 1 heterocycles. The highest BCUT2D eigenvalue weighted by atomic mass is 79.9. The van der Waals surface area contributed by atoms with Gasteiger partial charge in [-0.2, -0.15) is 4.31 Å². The van der Waals surface area contributed by atoms with Crippen LogP contribution in [0.2, 0.25) is 0 Å². The number of rotatable bonds is 2. The second kappa shape index (κ2) is 5.15. The molecule has 98 valence electrons. The molecule has 0 radical (unpaired) electrons. The smallest absolute Gasteiger partial charge is 0.207 e. The van der Waals surface area contributed by atoms with E-state index >= 15 is 0 Å². The summed E-state index contributed by atoms with van der Waals surface area (Å²) >= 11 is 3.38. The zero-order valence-corrected chi connectivity index (χ0v) is 12.9. The van der Waals surface area contributed by atoms with Crippen LogP contribution < -0.4 is 0 Å². The maximum Gasteiger partial charge on any atom is 0.243 e. The predicted molar refractivity (Wildman–Crippen MR) is 76.0 cm³/mol. The number of hydrogen-bond acceptors (Lipinski definition) is 2. The molecule has 5 heteroatoms. The first-order valence-electron chi connectivity index (χ1n) is 5.83. The summed E-state index contributed by atoms with van der Waals surface area (Å²) in [5.74, 6) is 0. The molecule has 0 aliphatic carbocycles. The monoisotopic (exact) mass is 329 g/mol.